The summed E-state index contributed by atoms with van der Waals surface area (Å²) in [6.07, 6.45) is -8.62. The number of aliphatic hydroxyl groups is 1. The summed E-state index contributed by atoms with van der Waals surface area (Å²) in [5.74, 6) is -1.17. The number of carbonyl (C=O) groups excluding carboxylic acids is 4. The number of esters is 2. The van der Waals surface area contributed by atoms with Crippen molar-refractivity contribution in [1.29, 1.82) is 0 Å². The van der Waals surface area contributed by atoms with E-state index in [0.717, 1.165) is 49.7 Å². The average molecular weight is 1470 g/mol. The first-order valence-electron chi connectivity index (χ1n) is 36.9. The van der Waals surface area contributed by atoms with E-state index in [1.165, 1.54) is 28.1 Å². The number of ketones is 2. The quantitative estimate of drug-likeness (QED) is 0.0350. The van der Waals surface area contributed by atoms with Crippen LogP contribution in [0.2, 0.25) is 0 Å². The molecule has 1 N–H and O–H groups in total. The second-order valence-electron chi connectivity index (χ2n) is 26.5. The lowest BCUT2D eigenvalue weighted by Gasteiger charge is -2.34. The number of carbonyl (C=O) groups is 4. The fourth-order valence-electron chi connectivity index (χ4n) is 12.6. The Bertz CT molecular complexity index is 3820. The maximum atomic E-state index is 12.8. The summed E-state index contributed by atoms with van der Waals surface area (Å²) in [5.41, 5.74) is 6.85. The molecule has 0 saturated carbocycles. The van der Waals surface area contributed by atoms with Crippen molar-refractivity contribution in [2.75, 3.05) is 40.6 Å². The van der Waals surface area contributed by atoms with Crippen LogP contribution in [0.15, 0.2) is 224 Å². The second kappa shape index (κ2) is 45.5. The topological polar surface area (TPSA) is 227 Å². The van der Waals surface area contributed by atoms with Crippen molar-refractivity contribution >= 4 is 34.3 Å². The van der Waals surface area contributed by atoms with Crippen LogP contribution in [0.4, 0.5) is 0 Å². The molecule has 0 spiro atoms. The number of rotatable bonds is 45. The van der Waals surface area contributed by atoms with Gasteiger partial charge in [-0.05, 0) is 82.5 Å². The Kier molecular flexibility index (Phi) is 35.2. The third kappa shape index (κ3) is 27.1. The van der Waals surface area contributed by atoms with Gasteiger partial charge in [0.1, 0.15) is 72.6 Å². The predicted molar refractivity (Wildman–Crippen MR) is 402 cm³/mol. The van der Waals surface area contributed by atoms with Crippen molar-refractivity contribution in [1.82, 2.24) is 0 Å². The molecule has 20 heteroatoms. The van der Waals surface area contributed by atoms with Gasteiger partial charge in [0.25, 0.3) is 0 Å². The highest BCUT2D eigenvalue weighted by Crippen LogP contribution is 2.33. The van der Waals surface area contributed by atoms with Gasteiger partial charge in [-0.1, -0.05) is 232 Å². The number of aliphatic hydroxyl groups excluding tert-OH is 1. The average Bonchev–Trinajstić information content (AvgIpc) is 1.63. The zero-order chi connectivity index (χ0) is 75.4. The van der Waals surface area contributed by atoms with Crippen LogP contribution >= 0.6 is 0 Å². The van der Waals surface area contributed by atoms with E-state index in [4.69, 9.17) is 71.1 Å². The number of ether oxygens (including phenoxy) is 15. The molecule has 0 aromatic heterocycles. The first-order valence-corrected chi connectivity index (χ1v) is 36.9. The molecule has 0 radical (unpaired) electrons. The van der Waals surface area contributed by atoms with Crippen LogP contribution in [0.1, 0.15) is 105 Å². The third-order valence-electron chi connectivity index (χ3n) is 18.4. The van der Waals surface area contributed by atoms with E-state index in [1.807, 2.05) is 208 Å². The van der Waals surface area contributed by atoms with E-state index in [-0.39, 0.29) is 96.7 Å². The normalized spacial score (nSPS) is 20.1. The molecule has 2 aliphatic heterocycles. The van der Waals surface area contributed by atoms with Gasteiger partial charge >= 0.3 is 11.9 Å². The third-order valence-corrected chi connectivity index (χ3v) is 18.4. The molecule has 0 amide bonds. The van der Waals surface area contributed by atoms with Crippen LogP contribution in [-0.2, 0) is 136 Å². The number of hydrogen-bond donors (Lipinski definition) is 1. The summed E-state index contributed by atoms with van der Waals surface area (Å²) >= 11 is 0. The van der Waals surface area contributed by atoms with Crippen molar-refractivity contribution in [3.8, 4) is 0 Å². The van der Waals surface area contributed by atoms with Gasteiger partial charge < -0.3 is 85.7 Å². The highest BCUT2D eigenvalue weighted by atomic mass is 16.7. The van der Waals surface area contributed by atoms with Gasteiger partial charge in [0.05, 0.1) is 85.5 Å². The van der Waals surface area contributed by atoms with Gasteiger partial charge in [-0.3, -0.25) is 9.59 Å². The summed E-state index contributed by atoms with van der Waals surface area (Å²) in [5, 5.41) is 12.9. The molecule has 2 saturated heterocycles. The van der Waals surface area contributed by atoms with E-state index in [9.17, 15) is 24.3 Å². The van der Waals surface area contributed by atoms with Gasteiger partial charge in [-0.25, -0.2) is 0 Å². The van der Waals surface area contributed by atoms with Crippen LogP contribution in [0, 0.1) is 0 Å². The largest absolute Gasteiger partial charge is 0.457 e. The maximum Gasteiger partial charge on any atom is 0.306 e. The van der Waals surface area contributed by atoms with Crippen molar-refractivity contribution in [3.63, 3.8) is 0 Å². The Hall–Kier alpha value is -8.26. The lowest BCUT2D eigenvalue weighted by molar-refractivity contribution is -0.219. The van der Waals surface area contributed by atoms with Crippen LogP contribution in [0.25, 0.3) is 10.8 Å². The number of Topliss-reactive ketones (excluding diaryl/α,β-unsaturated/α-hetero) is 2. The molecule has 8 aromatic carbocycles. The summed E-state index contributed by atoms with van der Waals surface area (Å²) in [6, 6.07) is 73.6. The smallest absolute Gasteiger partial charge is 0.306 e. The van der Waals surface area contributed by atoms with Crippen molar-refractivity contribution in [3.05, 3.63) is 263 Å². The standard InChI is InChI=1S/C49H56O10.C38H48O10/c1-4-42-47(59-45(51)27-24-35(2)50)48(52-3)49(58-42)57-34-44(55-31-37-18-10-6-11-19-37)46(56-32-38-20-12-7-13-21-38)43(54-30-36-16-8-5-9-17-36)33-53-29-39-25-26-40-22-14-15-23-41(40)28-39;1-4-31-36(48-34(41)21-20-27(2)40)37(42-3)38(47-31)46-26-33(44-24-29-16-10-6-11-17-29)35(45-25-30-18-12-7-13-19-30)32(22-39)43-23-28-14-8-5-9-15-28/h5-23,25-26,28,42-44,46-49H,4,24,27,29-34H2,1-3H3;5-19,31-33,35-39H,4,20-26H2,1-3H3/t42-,43?,44?,46?,47?,48+,49-;31-,32?,33?,35?,36?,37+,38-/m11/s1. The fraction of sp³-hybridized carbons (Fsp3) is 0.425. The van der Waals surface area contributed by atoms with Crippen LogP contribution in [0.5, 0.6) is 0 Å². The Balaban J connectivity index is 0.000000253. The van der Waals surface area contributed by atoms with Crippen LogP contribution < -0.4 is 0 Å². The zero-order valence-electron chi connectivity index (χ0n) is 62.2. The van der Waals surface area contributed by atoms with Crippen LogP contribution in [0.3, 0.4) is 0 Å². The molecular formula is C87H104O20. The molecule has 572 valence electrons. The van der Waals surface area contributed by atoms with E-state index in [2.05, 4.69) is 30.3 Å². The first-order chi connectivity index (χ1) is 52.3. The van der Waals surface area contributed by atoms with Crippen molar-refractivity contribution in [2.45, 2.75) is 198 Å². The molecule has 107 heavy (non-hydrogen) atoms. The molecule has 0 aliphatic carbocycles. The Morgan fingerprint density at radius 3 is 1.04 bits per heavy atom. The van der Waals surface area contributed by atoms with E-state index in [0.29, 0.717) is 26.1 Å². The molecule has 8 unspecified atom stereocenters. The molecular weight excluding hydrogens is 1360 g/mol. The van der Waals surface area contributed by atoms with E-state index < -0.39 is 97.8 Å². The Morgan fingerprint density at radius 2 is 0.692 bits per heavy atom. The Labute approximate surface area is 629 Å². The zero-order valence-corrected chi connectivity index (χ0v) is 62.2. The molecule has 2 fully saturated rings. The summed E-state index contributed by atoms with van der Waals surface area (Å²) in [4.78, 5) is 48.3. The first kappa shape index (κ1) is 82.8. The molecule has 20 nitrogen and oxygen atoms in total. The van der Waals surface area contributed by atoms with Crippen molar-refractivity contribution < 1.29 is 95.3 Å². The SMILES string of the molecule is CC[C@H]1O[C@@H](OCC(OCc2ccccc2)C(OCc2ccccc2)C(CO)OCc2ccccc2)[C@@H](OC)C1OC(=O)CCC(C)=O.CC[C@H]1O[C@@H](OCC(OCc2ccccc2)C(OCc2ccccc2)C(COCc2ccc3ccccc3c2)OCc2ccccc2)[C@@H](OC)C1OC(=O)CCC(C)=O. The summed E-state index contributed by atoms with van der Waals surface area (Å²) < 4.78 is 94.7. The summed E-state index contributed by atoms with van der Waals surface area (Å²) in [7, 11) is 3.04. The lowest BCUT2D eigenvalue weighted by Crippen LogP contribution is -2.48. The number of fused-ring (bicyclic) bond motifs is 1. The number of methoxy groups -OCH3 is 2. The molecule has 0 bridgehead atoms. The van der Waals surface area contributed by atoms with Gasteiger partial charge in [0.15, 0.2) is 24.8 Å². The van der Waals surface area contributed by atoms with E-state index in [1.54, 1.807) is 0 Å². The molecule has 14 atom stereocenters. The minimum absolute atomic E-state index is 0.0105. The van der Waals surface area contributed by atoms with Gasteiger partial charge in [-0.15, -0.1) is 0 Å². The maximum absolute atomic E-state index is 12.8. The monoisotopic (exact) mass is 1470 g/mol. The van der Waals surface area contributed by atoms with Gasteiger partial charge in [0, 0.05) is 27.1 Å². The summed E-state index contributed by atoms with van der Waals surface area (Å²) in [6.45, 7) is 8.63. The molecule has 10 rings (SSSR count). The molecule has 2 heterocycles. The minimum Gasteiger partial charge on any atom is -0.457 e. The predicted octanol–water partition coefficient (Wildman–Crippen LogP) is 13.7. The highest BCUT2D eigenvalue weighted by Gasteiger charge is 2.50. The second-order valence-corrected chi connectivity index (χ2v) is 26.5. The molecule has 8 aromatic rings. The lowest BCUT2D eigenvalue weighted by atomic mass is 10.1. The fourth-order valence-corrected chi connectivity index (χ4v) is 12.6. The Morgan fingerprint density at radius 1 is 0.364 bits per heavy atom. The van der Waals surface area contributed by atoms with Gasteiger partial charge in [-0.2, -0.15) is 0 Å². The van der Waals surface area contributed by atoms with Crippen LogP contribution in [-0.4, -0.2) is 155 Å². The highest BCUT2D eigenvalue weighted by molar-refractivity contribution is 5.83. The molecule has 2 aliphatic rings. The number of benzene rings is 8. The van der Waals surface area contributed by atoms with E-state index >= 15 is 0 Å². The van der Waals surface area contributed by atoms with Gasteiger partial charge in [0.2, 0.25) is 0 Å². The van der Waals surface area contributed by atoms with Crippen molar-refractivity contribution in [2.24, 2.45) is 0 Å². The minimum atomic E-state index is -0.888. The number of hydrogen-bond acceptors (Lipinski definition) is 20.